The van der Waals surface area contributed by atoms with Gasteiger partial charge in [0.2, 0.25) is 5.91 Å². The Hall–Kier alpha value is -1.89. The molecular weight excluding hydrogens is 207 g/mol. The van der Waals surface area contributed by atoms with Crippen molar-refractivity contribution in [2.75, 3.05) is 5.32 Å². The maximum Gasteiger partial charge on any atom is 0.227 e. The quantitative estimate of drug-likeness (QED) is 0.828. The van der Waals surface area contributed by atoms with Crippen molar-refractivity contribution in [1.82, 2.24) is 0 Å². The highest BCUT2D eigenvalue weighted by Crippen LogP contribution is 2.38. The van der Waals surface area contributed by atoms with Gasteiger partial charge in [-0.3, -0.25) is 4.79 Å². The number of amides is 1. The fourth-order valence-corrected chi connectivity index (χ4v) is 1.63. The minimum atomic E-state index is -0.477. The lowest BCUT2D eigenvalue weighted by Gasteiger charge is -2.06. The van der Waals surface area contributed by atoms with Crippen LogP contribution in [0.5, 0.6) is 0 Å². The Kier molecular flexibility index (Phi) is 2.61. The molecule has 1 saturated carbocycles. The highest BCUT2D eigenvalue weighted by atomic mass is 19.1. The van der Waals surface area contributed by atoms with Crippen molar-refractivity contribution in [3.8, 4) is 6.07 Å². The Morgan fingerprint density at radius 2 is 2.31 bits per heavy atom. The topological polar surface area (TPSA) is 52.9 Å². The molecule has 0 heterocycles. The summed E-state index contributed by atoms with van der Waals surface area (Å²) in [4.78, 5) is 11.6. The Morgan fingerprint density at radius 1 is 1.62 bits per heavy atom. The van der Waals surface area contributed by atoms with Crippen molar-refractivity contribution in [3.63, 3.8) is 0 Å². The third kappa shape index (κ3) is 2.03. The molecule has 2 atom stereocenters. The highest BCUT2D eigenvalue weighted by Gasteiger charge is 2.39. The van der Waals surface area contributed by atoms with Gasteiger partial charge < -0.3 is 5.32 Å². The van der Waals surface area contributed by atoms with Gasteiger partial charge >= 0.3 is 0 Å². The lowest BCUT2D eigenvalue weighted by Crippen LogP contribution is -2.15. The standard InChI is InChI=1S/C12H11FN2O/c1-7-4-10(7)12(16)15-11-3-2-9(13)5-8(11)6-14/h2-3,5,7,10H,4H2,1H3,(H,15,16). The van der Waals surface area contributed by atoms with E-state index in [0.717, 1.165) is 12.5 Å². The summed E-state index contributed by atoms with van der Waals surface area (Å²) in [5.41, 5.74) is 0.537. The summed E-state index contributed by atoms with van der Waals surface area (Å²) in [5, 5.41) is 11.4. The molecular formula is C12H11FN2O. The van der Waals surface area contributed by atoms with Gasteiger partial charge in [0, 0.05) is 5.92 Å². The van der Waals surface area contributed by atoms with Crippen LogP contribution < -0.4 is 5.32 Å². The van der Waals surface area contributed by atoms with Crippen molar-refractivity contribution in [3.05, 3.63) is 29.6 Å². The van der Waals surface area contributed by atoms with Crippen LogP contribution in [-0.2, 0) is 4.79 Å². The maximum atomic E-state index is 12.8. The molecule has 0 saturated heterocycles. The summed E-state index contributed by atoms with van der Waals surface area (Å²) in [6.07, 6.45) is 0.884. The second-order valence-corrected chi connectivity index (χ2v) is 4.11. The summed E-state index contributed by atoms with van der Waals surface area (Å²) in [6.45, 7) is 2.00. The average Bonchev–Trinajstić information content (AvgIpc) is 2.98. The zero-order valence-corrected chi connectivity index (χ0v) is 8.83. The Labute approximate surface area is 92.9 Å². The zero-order chi connectivity index (χ0) is 11.7. The minimum Gasteiger partial charge on any atom is -0.325 e. The molecule has 2 unspecified atom stereocenters. The third-order valence-corrected chi connectivity index (χ3v) is 2.81. The van der Waals surface area contributed by atoms with Crippen LogP contribution in [0.4, 0.5) is 10.1 Å². The van der Waals surface area contributed by atoms with Gasteiger partial charge in [0.1, 0.15) is 11.9 Å². The van der Waals surface area contributed by atoms with E-state index in [0.29, 0.717) is 11.6 Å². The fraction of sp³-hybridized carbons (Fsp3) is 0.333. The Morgan fingerprint density at radius 3 is 2.88 bits per heavy atom. The molecule has 0 bridgehead atoms. The summed E-state index contributed by atoms with van der Waals surface area (Å²) in [7, 11) is 0. The van der Waals surface area contributed by atoms with Gasteiger partial charge in [0.15, 0.2) is 0 Å². The molecule has 82 valence electrons. The number of hydrogen-bond acceptors (Lipinski definition) is 2. The molecule has 1 aliphatic carbocycles. The number of nitriles is 1. The Balaban J connectivity index is 2.15. The normalized spacial score (nSPS) is 22.3. The van der Waals surface area contributed by atoms with E-state index in [1.165, 1.54) is 12.1 Å². The van der Waals surface area contributed by atoms with Crippen LogP contribution in [0.15, 0.2) is 18.2 Å². The van der Waals surface area contributed by atoms with E-state index < -0.39 is 5.82 Å². The molecule has 1 aromatic carbocycles. The fourth-order valence-electron chi connectivity index (χ4n) is 1.63. The SMILES string of the molecule is CC1CC1C(=O)Nc1ccc(F)cc1C#N. The van der Waals surface area contributed by atoms with E-state index in [2.05, 4.69) is 5.32 Å². The summed E-state index contributed by atoms with van der Waals surface area (Å²) in [6, 6.07) is 5.62. The number of carbonyl (C=O) groups excluding carboxylic acids is 1. The van der Waals surface area contributed by atoms with Crippen molar-refractivity contribution in [2.45, 2.75) is 13.3 Å². The van der Waals surface area contributed by atoms with Crippen molar-refractivity contribution in [1.29, 1.82) is 5.26 Å². The molecule has 1 aromatic rings. The molecule has 1 aliphatic rings. The summed E-state index contributed by atoms with van der Waals surface area (Å²) < 4.78 is 12.8. The van der Waals surface area contributed by atoms with Crippen LogP contribution in [0.25, 0.3) is 0 Å². The van der Waals surface area contributed by atoms with Crippen LogP contribution >= 0.6 is 0 Å². The van der Waals surface area contributed by atoms with Crippen LogP contribution in [0.2, 0.25) is 0 Å². The third-order valence-electron chi connectivity index (χ3n) is 2.81. The summed E-state index contributed by atoms with van der Waals surface area (Å²) in [5.74, 6) is -0.118. The van der Waals surface area contributed by atoms with Crippen molar-refractivity contribution in [2.24, 2.45) is 11.8 Å². The van der Waals surface area contributed by atoms with Crippen molar-refractivity contribution < 1.29 is 9.18 Å². The second-order valence-electron chi connectivity index (χ2n) is 4.11. The van der Waals surface area contributed by atoms with E-state index in [9.17, 15) is 9.18 Å². The van der Waals surface area contributed by atoms with Gasteiger partial charge in [0.25, 0.3) is 0 Å². The second kappa shape index (κ2) is 3.93. The number of halogens is 1. The van der Waals surface area contributed by atoms with Gasteiger partial charge in [-0.25, -0.2) is 4.39 Å². The van der Waals surface area contributed by atoms with E-state index in [-0.39, 0.29) is 17.4 Å². The minimum absolute atomic E-state index is 0.0385. The van der Waals surface area contributed by atoms with Crippen LogP contribution in [0, 0.1) is 29.0 Å². The number of hydrogen-bond donors (Lipinski definition) is 1. The lowest BCUT2D eigenvalue weighted by molar-refractivity contribution is -0.117. The van der Waals surface area contributed by atoms with Gasteiger partial charge in [-0.15, -0.1) is 0 Å². The van der Waals surface area contributed by atoms with Gasteiger partial charge in [-0.1, -0.05) is 6.92 Å². The predicted octanol–water partition coefficient (Wildman–Crippen LogP) is 2.29. The predicted molar refractivity (Wildman–Crippen MR) is 57.0 cm³/mol. The van der Waals surface area contributed by atoms with Crippen LogP contribution in [-0.4, -0.2) is 5.91 Å². The molecule has 16 heavy (non-hydrogen) atoms. The number of rotatable bonds is 2. The van der Waals surface area contributed by atoms with Crippen molar-refractivity contribution >= 4 is 11.6 Å². The number of anilines is 1. The zero-order valence-electron chi connectivity index (χ0n) is 8.83. The van der Waals surface area contributed by atoms with Crippen LogP contribution in [0.1, 0.15) is 18.9 Å². The number of nitrogens with zero attached hydrogens (tertiary/aromatic N) is 1. The van der Waals surface area contributed by atoms with E-state index in [1.54, 1.807) is 0 Å². The average molecular weight is 218 g/mol. The lowest BCUT2D eigenvalue weighted by atomic mass is 10.2. The van der Waals surface area contributed by atoms with E-state index in [1.807, 2.05) is 13.0 Å². The molecule has 0 radical (unpaired) electrons. The monoisotopic (exact) mass is 218 g/mol. The first-order valence-electron chi connectivity index (χ1n) is 5.12. The molecule has 2 rings (SSSR count). The number of benzene rings is 1. The van der Waals surface area contributed by atoms with E-state index >= 15 is 0 Å². The molecule has 0 spiro atoms. The van der Waals surface area contributed by atoms with Gasteiger partial charge in [-0.05, 0) is 30.5 Å². The van der Waals surface area contributed by atoms with Gasteiger partial charge in [-0.2, -0.15) is 5.26 Å². The largest absolute Gasteiger partial charge is 0.325 e. The highest BCUT2D eigenvalue weighted by molar-refractivity contribution is 5.95. The first-order valence-corrected chi connectivity index (χ1v) is 5.12. The van der Waals surface area contributed by atoms with E-state index in [4.69, 9.17) is 5.26 Å². The molecule has 0 aliphatic heterocycles. The number of nitrogens with one attached hydrogen (secondary N) is 1. The molecule has 1 N–H and O–H groups in total. The van der Waals surface area contributed by atoms with Crippen LogP contribution in [0.3, 0.4) is 0 Å². The molecule has 4 heteroatoms. The molecule has 1 fully saturated rings. The first-order chi connectivity index (χ1) is 7.61. The van der Waals surface area contributed by atoms with Gasteiger partial charge in [0.05, 0.1) is 11.3 Å². The molecule has 1 amide bonds. The maximum absolute atomic E-state index is 12.8. The molecule has 0 aromatic heterocycles. The number of carbonyl (C=O) groups is 1. The molecule has 3 nitrogen and oxygen atoms in total. The Bertz CT molecular complexity index is 478. The smallest absolute Gasteiger partial charge is 0.227 e. The first kappa shape index (κ1) is 10.6. The summed E-state index contributed by atoms with van der Waals surface area (Å²) >= 11 is 0.